The van der Waals surface area contributed by atoms with E-state index in [1.54, 1.807) is 60.7 Å². The quantitative estimate of drug-likeness (QED) is 0.166. The molecule has 0 unspecified atom stereocenters. The monoisotopic (exact) mass is 459 g/mol. The van der Waals surface area contributed by atoms with Gasteiger partial charge >= 0.3 is 11.9 Å². The molecule has 0 fully saturated rings. The van der Waals surface area contributed by atoms with Crippen molar-refractivity contribution < 1.29 is 23.8 Å². The molecule has 0 saturated carbocycles. The van der Waals surface area contributed by atoms with E-state index in [4.69, 9.17) is 14.2 Å². The predicted molar refractivity (Wildman–Crippen MR) is 133 cm³/mol. The third-order valence-corrected chi connectivity index (χ3v) is 5.29. The third-order valence-electron chi connectivity index (χ3n) is 5.29. The number of aryl methyl sites for hydroxylation is 1. The van der Waals surface area contributed by atoms with Gasteiger partial charge in [0.1, 0.15) is 17.2 Å². The molecule has 34 heavy (non-hydrogen) atoms. The number of carbonyl (C=O) groups excluding carboxylic acids is 2. The minimum Gasteiger partial charge on any atom is -0.494 e. The Balaban J connectivity index is 1.44. The summed E-state index contributed by atoms with van der Waals surface area (Å²) >= 11 is 0. The van der Waals surface area contributed by atoms with Gasteiger partial charge in [0.2, 0.25) is 0 Å². The molecule has 0 atom stereocenters. The van der Waals surface area contributed by atoms with Crippen molar-refractivity contribution in [3.8, 4) is 17.2 Å². The molecule has 1 radical (unpaired) electrons. The summed E-state index contributed by atoms with van der Waals surface area (Å²) in [6.45, 7) is 6.47. The van der Waals surface area contributed by atoms with E-state index in [-0.39, 0.29) is 0 Å². The number of hydrogen-bond acceptors (Lipinski definition) is 5. The van der Waals surface area contributed by atoms with E-state index in [1.807, 2.05) is 19.1 Å². The number of carbonyl (C=O) groups is 2. The van der Waals surface area contributed by atoms with Gasteiger partial charge in [-0.2, -0.15) is 0 Å². The van der Waals surface area contributed by atoms with Crippen molar-refractivity contribution in [3.63, 3.8) is 0 Å². The Morgan fingerprint density at radius 1 is 0.618 bits per heavy atom. The highest BCUT2D eigenvalue weighted by atomic mass is 16.5. The van der Waals surface area contributed by atoms with Crippen molar-refractivity contribution >= 4 is 11.9 Å². The average molecular weight is 460 g/mol. The van der Waals surface area contributed by atoms with Crippen LogP contribution in [0.5, 0.6) is 17.2 Å². The molecule has 177 valence electrons. The number of hydrogen-bond donors (Lipinski definition) is 0. The Labute approximate surface area is 201 Å². The highest BCUT2D eigenvalue weighted by Gasteiger charge is 2.11. The predicted octanol–water partition coefficient (Wildman–Crippen LogP) is 6.99. The van der Waals surface area contributed by atoms with E-state index < -0.39 is 11.9 Å². The van der Waals surface area contributed by atoms with Crippen LogP contribution >= 0.6 is 0 Å². The van der Waals surface area contributed by atoms with Gasteiger partial charge in [0.15, 0.2) is 0 Å². The van der Waals surface area contributed by atoms with E-state index in [0.717, 1.165) is 30.6 Å². The zero-order valence-electron chi connectivity index (χ0n) is 19.6. The summed E-state index contributed by atoms with van der Waals surface area (Å²) in [6.07, 6.45) is 6.78. The van der Waals surface area contributed by atoms with E-state index in [0.29, 0.717) is 29.2 Å². The van der Waals surface area contributed by atoms with Gasteiger partial charge in [-0.05, 0) is 74.0 Å². The SMILES string of the molecule is [CH2]CCCCCCCOc1ccc(C(=O)Oc2ccc(OC(=O)c3ccc(C)cc3)cc2)cc1. The van der Waals surface area contributed by atoms with Crippen LogP contribution in [0.4, 0.5) is 0 Å². The van der Waals surface area contributed by atoms with E-state index in [9.17, 15) is 9.59 Å². The minimum atomic E-state index is -0.471. The fourth-order valence-corrected chi connectivity index (χ4v) is 3.28. The van der Waals surface area contributed by atoms with Crippen LogP contribution in [0, 0.1) is 13.8 Å². The Morgan fingerprint density at radius 2 is 1.06 bits per heavy atom. The summed E-state index contributed by atoms with van der Waals surface area (Å²) in [5, 5.41) is 0. The van der Waals surface area contributed by atoms with E-state index in [1.165, 1.54) is 19.3 Å². The van der Waals surface area contributed by atoms with Crippen molar-refractivity contribution in [1.82, 2.24) is 0 Å². The van der Waals surface area contributed by atoms with Gasteiger partial charge in [-0.3, -0.25) is 0 Å². The molecule has 0 aromatic heterocycles. The second kappa shape index (κ2) is 13.2. The van der Waals surface area contributed by atoms with Crippen LogP contribution in [0.1, 0.15) is 64.8 Å². The Morgan fingerprint density at radius 3 is 1.59 bits per heavy atom. The maximum Gasteiger partial charge on any atom is 0.343 e. The van der Waals surface area contributed by atoms with Crippen LogP contribution < -0.4 is 14.2 Å². The number of rotatable bonds is 12. The molecule has 0 aliphatic rings. The van der Waals surface area contributed by atoms with Crippen LogP contribution in [-0.4, -0.2) is 18.5 Å². The topological polar surface area (TPSA) is 61.8 Å². The van der Waals surface area contributed by atoms with Crippen LogP contribution in [0.3, 0.4) is 0 Å². The first kappa shape index (κ1) is 25.0. The van der Waals surface area contributed by atoms with Gasteiger partial charge in [0, 0.05) is 0 Å². The molecule has 3 rings (SSSR count). The molecule has 0 saturated heterocycles. The zero-order valence-corrected chi connectivity index (χ0v) is 19.6. The summed E-state index contributed by atoms with van der Waals surface area (Å²) in [5.74, 6) is 0.546. The molecule has 3 aromatic rings. The van der Waals surface area contributed by atoms with Gasteiger partial charge in [0.25, 0.3) is 0 Å². The smallest absolute Gasteiger partial charge is 0.343 e. The summed E-state index contributed by atoms with van der Waals surface area (Å²) in [4.78, 5) is 24.7. The summed E-state index contributed by atoms with van der Waals surface area (Å²) in [7, 11) is 0. The highest BCUT2D eigenvalue weighted by molar-refractivity contribution is 5.92. The van der Waals surface area contributed by atoms with Crippen molar-refractivity contribution in [1.29, 1.82) is 0 Å². The first-order valence-corrected chi connectivity index (χ1v) is 11.7. The van der Waals surface area contributed by atoms with Crippen molar-refractivity contribution in [2.75, 3.05) is 6.61 Å². The third kappa shape index (κ3) is 8.07. The summed E-state index contributed by atoms with van der Waals surface area (Å²) in [5.41, 5.74) is 1.96. The first-order valence-electron chi connectivity index (χ1n) is 11.7. The van der Waals surface area contributed by atoms with Crippen LogP contribution in [0.15, 0.2) is 72.8 Å². The molecular weight excluding hydrogens is 428 g/mol. The number of unbranched alkanes of at least 4 members (excludes halogenated alkanes) is 5. The van der Waals surface area contributed by atoms with Gasteiger partial charge in [-0.25, -0.2) is 9.59 Å². The molecule has 0 bridgehead atoms. The maximum absolute atomic E-state index is 12.4. The second-order valence-electron chi connectivity index (χ2n) is 8.11. The fraction of sp³-hybridized carbons (Fsp3) is 0.276. The van der Waals surface area contributed by atoms with E-state index in [2.05, 4.69) is 6.92 Å². The van der Waals surface area contributed by atoms with Crippen LogP contribution in [-0.2, 0) is 0 Å². The lowest BCUT2D eigenvalue weighted by atomic mass is 10.1. The molecule has 5 heteroatoms. The highest BCUT2D eigenvalue weighted by Crippen LogP contribution is 2.21. The lowest BCUT2D eigenvalue weighted by Crippen LogP contribution is -2.09. The Kier molecular flexibility index (Phi) is 9.71. The lowest BCUT2D eigenvalue weighted by molar-refractivity contribution is 0.0719. The molecule has 0 aliphatic carbocycles. The second-order valence-corrected chi connectivity index (χ2v) is 8.11. The minimum absolute atomic E-state index is 0.360. The molecule has 3 aromatic carbocycles. The van der Waals surface area contributed by atoms with Crippen molar-refractivity contribution in [2.45, 2.75) is 45.4 Å². The molecule has 0 amide bonds. The largest absolute Gasteiger partial charge is 0.494 e. The molecule has 5 nitrogen and oxygen atoms in total. The average Bonchev–Trinajstić information content (AvgIpc) is 2.85. The molecule has 0 aliphatic heterocycles. The number of esters is 2. The van der Waals surface area contributed by atoms with Gasteiger partial charge in [-0.1, -0.05) is 56.7 Å². The number of benzene rings is 3. The van der Waals surface area contributed by atoms with Gasteiger partial charge < -0.3 is 14.2 Å². The van der Waals surface area contributed by atoms with Gasteiger partial charge in [0.05, 0.1) is 17.7 Å². The summed E-state index contributed by atoms with van der Waals surface area (Å²) < 4.78 is 16.5. The maximum atomic E-state index is 12.4. The van der Waals surface area contributed by atoms with Gasteiger partial charge in [-0.15, -0.1) is 0 Å². The standard InChI is InChI=1S/C29H31O5/c1-3-4-5-6-7-8-21-32-25-15-13-24(14-16-25)29(31)34-27-19-17-26(18-20-27)33-28(30)23-11-9-22(2)10-12-23/h9-20H,1,3-8,21H2,2H3. The Hall–Kier alpha value is -3.60. The van der Waals surface area contributed by atoms with Crippen molar-refractivity contribution in [2.24, 2.45) is 0 Å². The number of ether oxygens (including phenoxy) is 3. The van der Waals surface area contributed by atoms with Crippen LogP contribution in [0.2, 0.25) is 0 Å². The molecule has 0 spiro atoms. The van der Waals surface area contributed by atoms with Crippen molar-refractivity contribution in [3.05, 3.63) is 96.4 Å². The van der Waals surface area contributed by atoms with E-state index >= 15 is 0 Å². The molecular formula is C29H31O5. The van der Waals surface area contributed by atoms with Crippen LogP contribution in [0.25, 0.3) is 0 Å². The summed E-state index contributed by atoms with van der Waals surface area (Å²) in [6, 6.07) is 20.4. The molecule has 0 heterocycles. The Bertz CT molecular complexity index is 1040. The zero-order chi connectivity index (χ0) is 24.2. The fourth-order valence-electron chi connectivity index (χ4n) is 3.28. The normalized spacial score (nSPS) is 10.5. The first-order chi connectivity index (χ1) is 16.5. The molecule has 0 N–H and O–H groups in total. The lowest BCUT2D eigenvalue weighted by Gasteiger charge is -2.08.